The molecule has 2 rings (SSSR count). The molecule has 0 radical (unpaired) electrons. The van der Waals surface area contributed by atoms with E-state index in [1.54, 1.807) is 6.07 Å². The largest absolute Gasteiger partial charge is 0.494 e. The number of methoxy groups -OCH3 is 1. The van der Waals surface area contributed by atoms with Gasteiger partial charge in [-0.05, 0) is 36.6 Å². The van der Waals surface area contributed by atoms with Gasteiger partial charge in [0.2, 0.25) is 0 Å². The highest BCUT2D eigenvalue weighted by Gasteiger charge is 2.13. The van der Waals surface area contributed by atoms with E-state index in [4.69, 9.17) is 4.74 Å². The van der Waals surface area contributed by atoms with Crippen LogP contribution in [0.15, 0.2) is 48.5 Å². The fraction of sp³-hybridized carbons (Fsp3) is 0.333. The van der Waals surface area contributed by atoms with Crippen molar-refractivity contribution in [2.75, 3.05) is 13.7 Å². The van der Waals surface area contributed by atoms with Crippen LogP contribution < -0.4 is 10.1 Å². The van der Waals surface area contributed by atoms with Crippen LogP contribution in [0.5, 0.6) is 5.75 Å². The Morgan fingerprint density at radius 2 is 1.86 bits per heavy atom. The van der Waals surface area contributed by atoms with E-state index in [-0.39, 0.29) is 11.9 Å². The first kappa shape index (κ1) is 15.5. The number of rotatable bonds is 7. The molecule has 1 atom stereocenters. The summed E-state index contributed by atoms with van der Waals surface area (Å²) in [5.74, 6) is 0.0653. The van der Waals surface area contributed by atoms with E-state index in [1.807, 2.05) is 30.3 Å². The van der Waals surface area contributed by atoms with Crippen LogP contribution >= 0.6 is 0 Å². The second kappa shape index (κ2) is 7.79. The molecular formula is C18H22FNO. The maximum Gasteiger partial charge on any atom is 0.168 e. The van der Waals surface area contributed by atoms with Crippen LogP contribution in [0, 0.1) is 5.82 Å². The molecule has 0 aliphatic heterocycles. The SMILES string of the molecule is CCNC(CCc1cccc(OC)c1F)c1ccccc1. The van der Waals surface area contributed by atoms with Gasteiger partial charge in [-0.25, -0.2) is 4.39 Å². The molecule has 112 valence electrons. The van der Waals surface area contributed by atoms with Gasteiger partial charge < -0.3 is 10.1 Å². The summed E-state index contributed by atoms with van der Waals surface area (Å²) in [4.78, 5) is 0. The zero-order chi connectivity index (χ0) is 15.1. The van der Waals surface area contributed by atoms with E-state index < -0.39 is 0 Å². The first-order valence-electron chi connectivity index (χ1n) is 7.36. The zero-order valence-corrected chi connectivity index (χ0v) is 12.6. The molecule has 0 aromatic heterocycles. The monoisotopic (exact) mass is 287 g/mol. The van der Waals surface area contributed by atoms with Gasteiger partial charge in [0, 0.05) is 6.04 Å². The Balaban J connectivity index is 2.09. The Hall–Kier alpha value is -1.87. The summed E-state index contributed by atoms with van der Waals surface area (Å²) >= 11 is 0. The Morgan fingerprint density at radius 1 is 1.10 bits per heavy atom. The van der Waals surface area contributed by atoms with E-state index >= 15 is 0 Å². The van der Waals surface area contributed by atoms with Gasteiger partial charge in [0.15, 0.2) is 11.6 Å². The maximum atomic E-state index is 14.2. The smallest absolute Gasteiger partial charge is 0.168 e. The molecule has 0 saturated carbocycles. The fourth-order valence-electron chi connectivity index (χ4n) is 2.53. The number of aryl methyl sites for hydroxylation is 1. The molecule has 0 bridgehead atoms. The van der Waals surface area contributed by atoms with Crippen molar-refractivity contribution in [2.24, 2.45) is 0 Å². The molecule has 0 amide bonds. The number of ether oxygens (including phenoxy) is 1. The topological polar surface area (TPSA) is 21.3 Å². The lowest BCUT2D eigenvalue weighted by Gasteiger charge is -2.18. The Kier molecular flexibility index (Phi) is 5.76. The van der Waals surface area contributed by atoms with Gasteiger partial charge in [0.1, 0.15) is 0 Å². The molecule has 3 heteroatoms. The summed E-state index contributed by atoms with van der Waals surface area (Å²) in [6.45, 7) is 2.97. The highest BCUT2D eigenvalue weighted by molar-refractivity contribution is 5.31. The lowest BCUT2D eigenvalue weighted by molar-refractivity contribution is 0.383. The third kappa shape index (κ3) is 4.05. The van der Waals surface area contributed by atoms with Crippen molar-refractivity contribution in [1.29, 1.82) is 0 Å². The number of halogens is 1. The number of hydrogen-bond acceptors (Lipinski definition) is 2. The number of hydrogen-bond donors (Lipinski definition) is 1. The molecule has 2 aromatic carbocycles. The van der Waals surface area contributed by atoms with Crippen LogP contribution in [0.4, 0.5) is 4.39 Å². The molecule has 0 aliphatic rings. The van der Waals surface area contributed by atoms with Crippen LogP contribution in [0.3, 0.4) is 0 Å². The summed E-state index contributed by atoms with van der Waals surface area (Å²) < 4.78 is 19.2. The van der Waals surface area contributed by atoms with E-state index in [0.29, 0.717) is 17.7 Å². The second-order valence-corrected chi connectivity index (χ2v) is 4.99. The van der Waals surface area contributed by atoms with E-state index in [0.717, 1.165) is 13.0 Å². The third-order valence-corrected chi connectivity index (χ3v) is 3.62. The quantitative estimate of drug-likeness (QED) is 0.827. The van der Waals surface area contributed by atoms with Crippen molar-refractivity contribution < 1.29 is 9.13 Å². The van der Waals surface area contributed by atoms with Crippen molar-refractivity contribution >= 4 is 0 Å². The minimum atomic E-state index is -0.247. The van der Waals surface area contributed by atoms with Gasteiger partial charge in [-0.1, -0.05) is 49.4 Å². The zero-order valence-electron chi connectivity index (χ0n) is 12.6. The average Bonchev–Trinajstić information content (AvgIpc) is 2.53. The van der Waals surface area contributed by atoms with Gasteiger partial charge in [0.05, 0.1) is 7.11 Å². The minimum Gasteiger partial charge on any atom is -0.494 e. The molecule has 0 saturated heterocycles. The van der Waals surface area contributed by atoms with Crippen LogP contribution in [-0.4, -0.2) is 13.7 Å². The molecule has 2 nitrogen and oxygen atoms in total. The van der Waals surface area contributed by atoms with Crippen LogP contribution in [0.25, 0.3) is 0 Å². The Bertz CT molecular complexity index is 556. The lowest BCUT2D eigenvalue weighted by atomic mass is 9.98. The molecule has 2 aromatic rings. The van der Waals surface area contributed by atoms with E-state index in [1.165, 1.54) is 12.7 Å². The first-order chi connectivity index (χ1) is 10.3. The van der Waals surface area contributed by atoms with E-state index in [9.17, 15) is 4.39 Å². The lowest BCUT2D eigenvalue weighted by Crippen LogP contribution is -2.21. The van der Waals surface area contributed by atoms with Crippen molar-refractivity contribution in [3.8, 4) is 5.75 Å². The summed E-state index contributed by atoms with van der Waals surface area (Å²) in [5, 5.41) is 3.46. The van der Waals surface area contributed by atoms with Gasteiger partial charge in [-0.15, -0.1) is 0 Å². The molecule has 0 spiro atoms. The number of nitrogens with one attached hydrogen (secondary N) is 1. The van der Waals surface area contributed by atoms with Crippen LogP contribution in [0.2, 0.25) is 0 Å². The standard InChI is InChI=1S/C18H22FNO/c1-3-20-16(14-8-5-4-6-9-14)13-12-15-10-7-11-17(21-2)18(15)19/h4-11,16,20H,3,12-13H2,1-2H3. The molecule has 1 unspecified atom stereocenters. The van der Waals surface area contributed by atoms with Gasteiger partial charge in [-0.2, -0.15) is 0 Å². The van der Waals surface area contributed by atoms with Gasteiger partial charge in [-0.3, -0.25) is 0 Å². The average molecular weight is 287 g/mol. The molecule has 0 fully saturated rings. The number of benzene rings is 2. The summed E-state index contributed by atoms with van der Waals surface area (Å²) in [6, 6.07) is 15.8. The maximum absolute atomic E-state index is 14.2. The normalized spacial score (nSPS) is 12.1. The second-order valence-electron chi connectivity index (χ2n) is 4.99. The molecule has 1 N–H and O–H groups in total. The summed E-state index contributed by atoms with van der Waals surface area (Å²) in [6.07, 6.45) is 1.53. The first-order valence-corrected chi connectivity index (χ1v) is 7.36. The van der Waals surface area contributed by atoms with Crippen molar-refractivity contribution in [1.82, 2.24) is 5.32 Å². The summed E-state index contributed by atoms with van der Waals surface area (Å²) in [7, 11) is 1.49. The summed E-state index contributed by atoms with van der Waals surface area (Å²) in [5.41, 5.74) is 1.94. The minimum absolute atomic E-state index is 0.238. The van der Waals surface area contributed by atoms with Crippen LogP contribution in [-0.2, 0) is 6.42 Å². The molecule has 21 heavy (non-hydrogen) atoms. The third-order valence-electron chi connectivity index (χ3n) is 3.62. The van der Waals surface area contributed by atoms with Crippen LogP contribution in [0.1, 0.15) is 30.5 Å². The molecule has 0 aliphatic carbocycles. The van der Waals surface area contributed by atoms with Gasteiger partial charge >= 0.3 is 0 Å². The predicted molar refractivity (Wildman–Crippen MR) is 84.1 cm³/mol. The molecule has 0 heterocycles. The van der Waals surface area contributed by atoms with Crippen molar-refractivity contribution in [3.05, 3.63) is 65.5 Å². The Morgan fingerprint density at radius 3 is 2.52 bits per heavy atom. The highest BCUT2D eigenvalue weighted by Crippen LogP contribution is 2.24. The molecular weight excluding hydrogens is 265 g/mol. The Labute approximate surface area is 126 Å². The van der Waals surface area contributed by atoms with E-state index in [2.05, 4.69) is 24.4 Å². The van der Waals surface area contributed by atoms with Crippen molar-refractivity contribution in [2.45, 2.75) is 25.8 Å². The van der Waals surface area contributed by atoms with Gasteiger partial charge in [0.25, 0.3) is 0 Å². The fourth-order valence-corrected chi connectivity index (χ4v) is 2.53. The van der Waals surface area contributed by atoms with Crippen molar-refractivity contribution in [3.63, 3.8) is 0 Å². The highest BCUT2D eigenvalue weighted by atomic mass is 19.1. The predicted octanol–water partition coefficient (Wildman–Crippen LogP) is 4.12.